The minimum atomic E-state index is -0.697. The molecule has 166 valence electrons. The summed E-state index contributed by atoms with van der Waals surface area (Å²) in [5.74, 6) is -1.14. The summed E-state index contributed by atoms with van der Waals surface area (Å²) in [5.41, 5.74) is 0.654. The predicted octanol–water partition coefficient (Wildman–Crippen LogP) is 4.21. The van der Waals surface area contributed by atoms with Crippen LogP contribution in [0.2, 0.25) is 0 Å². The highest BCUT2D eigenvalue weighted by Crippen LogP contribution is 2.40. The van der Waals surface area contributed by atoms with Crippen molar-refractivity contribution in [1.29, 1.82) is 0 Å². The molecule has 12 heteroatoms. The quantitative estimate of drug-likeness (QED) is 0.502. The van der Waals surface area contributed by atoms with E-state index < -0.39 is 23.8 Å². The molecule has 0 saturated carbocycles. The molecule has 0 fully saturated rings. The smallest absolute Gasteiger partial charge is 0.416 e. The number of aromatic nitrogens is 3. The minimum Gasteiger partial charge on any atom is -0.434 e. The molecule has 0 spiro atoms. The number of anilines is 1. The van der Waals surface area contributed by atoms with Crippen LogP contribution in [-0.4, -0.2) is 33.2 Å². The lowest BCUT2D eigenvalue weighted by molar-refractivity contribution is 0.116. The second-order valence-electron chi connectivity index (χ2n) is 6.70. The Kier molecular flexibility index (Phi) is 6.32. The van der Waals surface area contributed by atoms with Gasteiger partial charge in [-0.1, -0.05) is 0 Å². The first-order valence-corrected chi connectivity index (χ1v) is 10.3. The van der Waals surface area contributed by atoms with Crippen molar-refractivity contribution in [3.8, 4) is 17.4 Å². The third-order valence-electron chi connectivity index (χ3n) is 4.74. The first-order valence-electron chi connectivity index (χ1n) is 9.47. The summed E-state index contributed by atoms with van der Waals surface area (Å²) < 4.78 is 45.8. The molecule has 1 amide bonds. The number of pyridine rings is 1. The number of amides is 1. The molecule has 3 aromatic rings. The summed E-state index contributed by atoms with van der Waals surface area (Å²) in [6.45, 7) is 1.61. The van der Waals surface area contributed by atoms with Crippen molar-refractivity contribution < 1.29 is 23.0 Å². The molecular weight excluding hydrogens is 442 g/mol. The van der Waals surface area contributed by atoms with E-state index in [0.717, 1.165) is 12.1 Å². The number of benzene rings is 1. The summed E-state index contributed by atoms with van der Waals surface area (Å²) >= 11 is 1.06. The van der Waals surface area contributed by atoms with Crippen LogP contribution in [-0.2, 0) is 6.54 Å². The van der Waals surface area contributed by atoms with Crippen LogP contribution in [0.3, 0.4) is 0 Å². The highest BCUT2D eigenvalue weighted by molar-refractivity contribution is 7.98. The second-order valence-corrected chi connectivity index (χ2v) is 7.51. The van der Waals surface area contributed by atoms with Crippen LogP contribution in [0.25, 0.3) is 0 Å². The molecule has 1 aromatic carbocycles. The van der Waals surface area contributed by atoms with E-state index in [1.165, 1.54) is 41.6 Å². The molecule has 9 nitrogen and oxygen atoms in total. The Balaban J connectivity index is 1.58. The van der Waals surface area contributed by atoms with Gasteiger partial charge in [-0.3, -0.25) is 9.62 Å². The lowest BCUT2D eigenvalue weighted by Crippen LogP contribution is -2.39. The van der Waals surface area contributed by atoms with Crippen LogP contribution in [0.15, 0.2) is 42.7 Å². The maximum Gasteiger partial charge on any atom is 0.416 e. The SMILES string of the molecule is CNSNc1nccc(CN2C(=O)Oc3cc(Oc4cccnn4)c(F)cc3C2C)c1F. The van der Waals surface area contributed by atoms with Crippen molar-refractivity contribution in [1.82, 2.24) is 24.8 Å². The molecule has 4 rings (SSSR count). The van der Waals surface area contributed by atoms with Gasteiger partial charge in [0.2, 0.25) is 5.88 Å². The Morgan fingerprint density at radius 1 is 1.28 bits per heavy atom. The Morgan fingerprint density at radius 3 is 2.88 bits per heavy atom. The monoisotopic (exact) mass is 460 g/mol. The fourth-order valence-corrected chi connectivity index (χ4v) is 3.48. The average Bonchev–Trinajstić information content (AvgIpc) is 2.79. The van der Waals surface area contributed by atoms with Gasteiger partial charge in [0.15, 0.2) is 23.2 Å². The Labute approximate surface area is 186 Å². The zero-order valence-electron chi connectivity index (χ0n) is 17.0. The first kappa shape index (κ1) is 21.7. The van der Waals surface area contributed by atoms with Gasteiger partial charge in [0.25, 0.3) is 0 Å². The number of fused-ring (bicyclic) bond motifs is 1. The molecule has 1 atom stereocenters. The summed E-state index contributed by atoms with van der Waals surface area (Å²) in [7, 11) is 1.67. The second kappa shape index (κ2) is 9.32. The van der Waals surface area contributed by atoms with Crippen LogP contribution in [0, 0.1) is 11.6 Å². The Morgan fingerprint density at radius 2 is 2.12 bits per heavy atom. The van der Waals surface area contributed by atoms with Crippen LogP contribution in [0.1, 0.15) is 24.1 Å². The Bertz CT molecular complexity index is 1140. The number of ether oxygens (including phenoxy) is 2. The van der Waals surface area contributed by atoms with E-state index >= 15 is 0 Å². The summed E-state index contributed by atoms with van der Waals surface area (Å²) in [6, 6.07) is 6.51. The molecule has 32 heavy (non-hydrogen) atoms. The van der Waals surface area contributed by atoms with Crippen molar-refractivity contribution in [2.75, 3.05) is 11.8 Å². The van der Waals surface area contributed by atoms with E-state index in [0.29, 0.717) is 5.56 Å². The number of carbonyl (C=O) groups is 1. The maximum absolute atomic E-state index is 14.8. The molecule has 0 bridgehead atoms. The van der Waals surface area contributed by atoms with E-state index in [1.54, 1.807) is 20.0 Å². The van der Waals surface area contributed by atoms with Crippen molar-refractivity contribution in [3.63, 3.8) is 0 Å². The fourth-order valence-electron chi connectivity index (χ4n) is 3.14. The lowest BCUT2D eigenvalue weighted by atomic mass is 10.0. The average molecular weight is 460 g/mol. The van der Waals surface area contributed by atoms with E-state index in [-0.39, 0.29) is 35.3 Å². The van der Waals surface area contributed by atoms with Crippen LogP contribution in [0.5, 0.6) is 17.4 Å². The zero-order valence-corrected chi connectivity index (χ0v) is 17.8. The van der Waals surface area contributed by atoms with Gasteiger partial charge in [0.05, 0.1) is 12.6 Å². The standard InChI is InChI=1S/C20H18F2N6O3S/c1-11-13-8-14(21)16(30-17-4-3-6-25-26-17)9-15(13)31-20(29)28(11)10-12-5-7-24-19(18(12)22)27-32-23-2/h3-9,11,23H,10H2,1-2H3,(H,24,27). The zero-order chi connectivity index (χ0) is 22.7. The topological polar surface area (TPSA) is 102 Å². The molecule has 1 aliphatic rings. The van der Waals surface area contributed by atoms with Crippen LogP contribution in [0.4, 0.5) is 19.4 Å². The molecule has 2 N–H and O–H groups in total. The molecule has 1 aliphatic heterocycles. The molecule has 0 radical (unpaired) electrons. The summed E-state index contributed by atoms with van der Waals surface area (Å²) in [4.78, 5) is 17.9. The fraction of sp³-hybridized carbons (Fsp3) is 0.200. The van der Waals surface area contributed by atoms with Gasteiger partial charge < -0.3 is 9.47 Å². The van der Waals surface area contributed by atoms with Gasteiger partial charge in [-0.15, -0.1) is 5.10 Å². The summed E-state index contributed by atoms with van der Waals surface area (Å²) in [6.07, 6.45) is 2.19. The highest BCUT2D eigenvalue weighted by atomic mass is 32.2. The van der Waals surface area contributed by atoms with E-state index in [9.17, 15) is 13.6 Å². The molecule has 0 saturated heterocycles. The van der Waals surface area contributed by atoms with Gasteiger partial charge >= 0.3 is 6.09 Å². The van der Waals surface area contributed by atoms with Gasteiger partial charge in [-0.2, -0.15) is 5.10 Å². The number of hydrogen-bond donors (Lipinski definition) is 2. The lowest BCUT2D eigenvalue weighted by Gasteiger charge is -2.34. The molecular formula is C20H18F2N6O3S. The van der Waals surface area contributed by atoms with E-state index in [4.69, 9.17) is 9.47 Å². The van der Waals surface area contributed by atoms with Crippen molar-refractivity contribution in [2.24, 2.45) is 0 Å². The van der Waals surface area contributed by atoms with E-state index in [2.05, 4.69) is 24.6 Å². The molecule has 0 aliphatic carbocycles. The van der Waals surface area contributed by atoms with Crippen LogP contribution < -0.4 is 18.9 Å². The number of nitrogens with zero attached hydrogens (tertiary/aromatic N) is 4. The predicted molar refractivity (Wildman–Crippen MR) is 113 cm³/mol. The number of nitrogens with one attached hydrogen (secondary N) is 2. The van der Waals surface area contributed by atoms with E-state index in [1.807, 2.05) is 0 Å². The first-order chi connectivity index (χ1) is 15.5. The number of hydrogen-bond acceptors (Lipinski definition) is 9. The third-order valence-corrected chi connectivity index (χ3v) is 5.24. The largest absolute Gasteiger partial charge is 0.434 e. The van der Waals surface area contributed by atoms with Crippen molar-refractivity contribution >= 4 is 24.0 Å². The normalized spacial score (nSPS) is 15.2. The maximum atomic E-state index is 14.8. The van der Waals surface area contributed by atoms with Crippen molar-refractivity contribution in [2.45, 2.75) is 19.5 Å². The highest BCUT2D eigenvalue weighted by Gasteiger charge is 2.34. The number of halogens is 2. The molecule has 2 aromatic heterocycles. The molecule has 3 heterocycles. The van der Waals surface area contributed by atoms with Gasteiger partial charge in [0.1, 0.15) is 5.75 Å². The van der Waals surface area contributed by atoms with Crippen molar-refractivity contribution in [3.05, 3.63) is 65.5 Å². The van der Waals surface area contributed by atoms with Crippen LogP contribution >= 0.6 is 12.1 Å². The van der Waals surface area contributed by atoms with Gasteiger partial charge in [0, 0.05) is 47.8 Å². The Hall–Kier alpha value is -3.51. The minimum absolute atomic E-state index is 0.0251. The van der Waals surface area contributed by atoms with Gasteiger partial charge in [-0.25, -0.2) is 23.3 Å². The summed E-state index contributed by atoms with van der Waals surface area (Å²) in [5, 5.41) is 7.41. The number of rotatable bonds is 7. The third kappa shape index (κ3) is 4.41. The van der Waals surface area contributed by atoms with Gasteiger partial charge in [-0.05, 0) is 32.2 Å². The molecule has 1 unspecified atom stereocenters. The number of carbonyl (C=O) groups excluding carboxylic acids is 1.